The lowest BCUT2D eigenvalue weighted by Crippen LogP contribution is -2.32. The molecule has 0 aliphatic heterocycles. The molecule has 0 fully saturated rings. The summed E-state index contributed by atoms with van der Waals surface area (Å²) in [6.45, 7) is 2.40. The molecule has 0 aliphatic carbocycles. The predicted molar refractivity (Wildman–Crippen MR) is 105 cm³/mol. The number of para-hydroxylation sites is 1. The van der Waals surface area contributed by atoms with Crippen LogP contribution in [0.1, 0.15) is 24.9 Å². The molecule has 136 valence electrons. The molecule has 0 saturated carbocycles. The Morgan fingerprint density at radius 1 is 1.11 bits per heavy atom. The number of benzene rings is 2. The average Bonchev–Trinajstić information content (AvgIpc) is 3.04. The zero-order chi connectivity index (χ0) is 18.8. The summed E-state index contributed by atoms with van der Waals surface area (Å²) in [5.41, 5.74) is 2.07. The van der Waals surface area contributed by atoms with E-state index in [0.29, 0.717) is 18.5 Å². The quantitative estimate of drug-likeness (QED) is 0.574. The fraction of sp³-hybridized carbons (Fsp3) is 0.190. The van der Waals surface area contributed by atoms with Crippen LogP contribution in [0.3, 0.4) is 0 Å². The standard InChI is InChI=1S/C21H20N4O2/c1-2-17(20(26)22-12-14-8-4-3-5-9-14)25-18-11-7-6-10-15(18)16-13-23-24-21(27)19(16)25/h3-11,13,17H,2,12H2,1H3,(H,22,26)(H,24,27)/t17-/m0/s1. The zero-order valence-electron chi connectivity index (χ0n) is 15.0. The third-order valence-electron chi connectivity index (χ3n) is 4.84. The molecule has 4 rings (SSSR count). The number of hydrogen-bond acceptors (Lipinski definition) is 3. The van der Waals surface area contributed by atoms with E-state index in [-0.39, 0.29) is 11.5 Å². The van der Waals surface area contributed by atoms with Gasteiger partial charge in [0.15, 0.2) is 0 Å². The van der Waals surface area contributed by atoms with Gasteiger partial charge >= 0.3 is 0 Å². The highest BCUT2D eigenvalue weighted by Gasteiger charge is 2.24. The molecule has 0 unspecified atom stereocenters. The number of aromatic nitrogens is 3. The van der Waals surface area contributed by atoms with Crippen LogP contribution in [-0.2, 0) is 11.3 Å². The van der Waals surface area contributed by atoms with E-state index in [1.807, 2.05) is 66.1 Å². The molecular weight excluding hydrogens is 340 g/mol. The van der Waals surface area contributed by atoms with Crippen LogP contribution in [0.4, 0.5) is 0 Å². The maximum atomic E-state index is 13.0. The molecule has 0 spiro atoms. The van der Waals surface area contributed by atoms with Gasteiger partial charge in [0.1, 0.15) is 11.6 Å². The molecule has 2 aromatic heterocycles. The Labute approximate surface area is 155 Å². The van der Waals surface area contributed by atoms with E-state index in [4.69, 9.17) is 0 Å². The summed E-state index contributed by atoms with van der Waals surface area (Å²) < 4.78 is 1.84. The second-order valence-electron chi connectivity index (χ2n) is 6.48. The van der Waals surface area contributed by atoms with Gasteiger partial charge in [0.25, 0.3) is 5.56 Å². The number of H-pyrrole nitrogens is 1. The number of nitrogens with one attached hydrogen (secondary N) is 2. The number of aromatic amines is 1. The first kappa shape index (κ1) is 17.0. The van der Waals surface area contributed by atoms with E-state index < -0.39 is 6.04 Å². The molecule has 1 atom stereocenters. The second kappa shape index (κ2) is 7.07. The van der Waals surface area contributed by atoms with Gasteiger partial charge in [0.05, 0.1) is 11.7 Å². The highest BCUT2D eigenvalue weighted by molar-refractivity contribution is 6.08. The van der Waals surface area contributed by atoms with Crippen molar-refractivity contribution in [2.75, 3.05) is 0 Å². The van der Waals surface area contributed by atoms with E-state index in [2.05, 4.69) is 15.5 Å². The van der Waals surface area contributed by atoms with Gasteiger partial charge in [-0.25, -0.2) is 5.10 Å². The first-order chi connectivity index (χ1) is 13.2. The maximum absolute atomic E-state index is 13.0. The lowest BCUT2D eigenvalue weighted by Gasteiger charge is -2.19. The van der Waals surface area contributed by atoms with Crippen LogP contribution in [0.15, 0.2) is 65.6 Å². The van der Waals surface area contributed by atoms with Crippen molar-refractivity contribution in [2.24, 2.45) is 0 Å². The summed E-state index contributed by atoms with van der Waals surface area (Å²) in [7, 11) is 0. The first-order valence-corrected chi connectivity index (χ1v) is 8.98. The Morgan fingerprint density at radius 3 is 2.63 bits per heavy atom. The van der Waals surface area contributed by atoms with Gasteiger partial charge in [-0.05, 0) is 18.1 Å². The topological polar surface area (TPSA) is 79.8 Å². The molecule has 4 aromatic rings. The van der Waals surface area contributed by atoms with Crippen molar-refractivity contribution in [3.8, 4) is 0 Å². The molecule has 0 bridgehead atoms. The number of nitrogens with zero attached hydrogens (tertiary/aromatic N) is 2. The Morgan fingerprint density at radius 2 is 1.85 bits per heavy atom. The normalized spacial score (nSPS) is 12.3. The summed E-state index contributed by atoms with van der Waals surface area (Å²) >= 11 is 0. The van der Waals surface area contributed by atoms with Crippen LogP contribution >= 0.6 is 0 Å². The second-order valence-corrected chi connectivity index (χ2v) is 6.48. The lowest BCUT2D eigenvalue weighted by atomic mass is 10.1. The van der Waals surface area contributed by atoms with Crippen molar-refractivity contribution in [2.45, 2.75) is 25.9 Å². The van der Waals surface area contributed by atoms with E-state index in [9.17, 15) is 9.59 Å². The van der Waals surface area contributed by atoms with Gasteiger partial charge in [-0.15, -0.1) is 0 Å². The smallest absolute Gasteiger partial charge is 0.288 e. The first-order valence-electron chi connectivity index (χ1n) is 8.98. The fourth-order valence-electron chi connectivity index (χ4n) is 3.57. The van der Waals surface area contributed by atoms with Crippen LogP contribution in [0, 0.1) is 0 Å². The molecule has 0 saturated heterocycles. The van der Waals surface area contributed by atoms with E-state index in [1.54, 1.807) is 6.20 Å². The number of carbonyl (C=O) groups is 1. The summed E-state index contributed by atoms with van der Waals surface area (Å²) in [4.78, 5) is 25.5. The third-order valence-corrected chi connectivity index (χ3v) is 4.84. The van der Waals surface area contributed by atoms with Gasteiger partial charge in [-0.1, -0.05) is 55.5 Å². The van der Waals surface area contributed by atoms with Gasteiger partial charge in [-0.3, -0.25) is 9.59 Å². The van der Waals surface area contributed by atoms with Crippen molar-refractivity contribution in [1.29, 1.82) is 0 Å². The highest BCUT2D eigenvalue weighted by Crippen LogP contribution is 2.30. The van der Waals surface area contributed by atoms with Crippen molar-refractivity contribution >= 4 is 27.7 Å². The third kappa shape index (κ3) is 2.99. The van der Waals surface area contributed by atoms with E-state index in [0.717, 1.165) is 21.9 Å². The van der Waals surface area contributed by atoms with Crippen LogP contribution in [0.25, 0.3) is 21.8 Å². The predicted octanol–water partition coefficient (Wildman–Crippen LogP) is 3.15. The fourth-order valence-corrected chi connectivity index (χ4v) is 3.57. The van der Waals surface area contributed by atoms with Crippen molar-refractivity contribution in [3.63, 3.8) is 0 Å². The molecule has 6 nitrogen and oxygen atoms in total. The summed E-state index contributed by atoms with van der Waals surface area (Å²) in [5.74, 6) is -0.111. The van der Waals surface area contributed by atoms with Crippen molar-refractivity contribution in [3.05, 3.63) is 76.7 Å². The molecule has 2 N–H and O–H groups in total. The number of rotatable bonds is 5. The molecule has 2 aromatic carbocycles. The number of fused-ring (bicyclic) bond motifs is 3. The molecule has 2 heterocycles. The minimum Gasteiger partial charge on any atom is -0.350 e. The molecule has 6 heteroatoms. The Kier molecular flexibility index (Phi) is 4.46. The van der Waals surface area contributed by atoms with E-state index in [1.165, 1.54) is 0 Å². The molecule has 0 aliphatic rings. The monoisotopic (exact) mass is 360 g/mol. The molecular formula is C21H20N4O2. The molecule has 27 heavy (non-hydrogen) atoms. The average molecular weight is 360 g/mol. The Balaban J connectivity index is 1.78. The van der Waals surface area contributed by atoms with Crippen LogP contribution in [0.2, 0.25) is 0 Å². The van der Waals surface area contributed by atoms with E-state index >= 15 is 0 Å². The number of carbonyl (C=O) groups excluding carboxylic acids is 1. The van der Waals surface area contributed by atoms with Gasteiger partial charge in [-0.2, -0.15) is 5.10 Å². The van der Waals surface area contributed by atoms with Crippen molar-refractivity contribution in [1.82, 2.24) is 20.1 Å². The van der Waals surface area contributed by atoms with Gasteiger partial charge < -0.3 is 9.88 Å². The van der Waals surface area contributed by atoms with Gasteiger partial charge in [0, 0.05) is 17.3 Å². The minimum absolute atomic E-state index is 0.111. The molecule has 1 amide bonds. The minimum atomic E-state index is -0.486. The SMILES string of the molecule is CC[C@@H](C(=O)NCc1ccccc1)n1c2ccccc2c2cn[nH]c(=O)c21. The Hall–Kier alpha value is -3.41. The molecule has 0 radical (unpaired) electrons. The highest BCUT2D eigenvalue weighted by atomic mass is 16.2. The lowest BCUT2D eigenvalue weighted by molar-refractivity contribution is -0.124. The van der Waals surface area contributed by atoms with Crippen molar-refractivity contribution < 1.29 is 4.79 Å². The number of hydrogen-bond donors (Lipinski definition) is 2. The zero-order valence-corrected chi connectivity index (χ0v) is 15.0. The van der Waals surface area contributed by atoms with Crippen LogP contribution in [0.5, 0.6) is 0 Å². The summed E-state index contributed by atoms with van der Waals surface area (Å²) in [5, 5.41) is 11.1. The van der Waals surface area contributed by atoms with Crippen LogP contribution < -0.4 is 10.9 Å². The van der Waals surface area contributed by atoms with Crippen LogP contribution in [-0.4, -0.2) is 20.7 Å². The van der Waals surface area contributed by atoms with Gasteiger partial charge in [0.2, 0.25) is 5.91 Å². The largest absolute Gasteiger partial charge is 0.350 e. The Bertz CT molecular complexity index is 1160. The number of amides is 1. The maximum Gasteiger partial charge on any atom is 0.288 e. The summed E-state index contributed by atoms with van der Waals surface area (Å²) in [6.07, 6.45) is 2.21. The summed E-state index contributed by atoms with van der Waals surface area (Å²) in [6, 6.07) is 17.0.